The van der Waals surface area contributed by atoms with Crippen molar-refractivity contribution >= 4 is 43.4 Å². The van der Waals surface area contributed by atoms with Crippen LogP contribution < -0.4 is 14.8 Å². The first-order valence-corrected chi connectivity index (χ1v) is 11.8. The Labute approximate surface area is 190 Å². The number of amides is 1. The van der Waals surface area contributed by atoms with Gasteiger partial charge in [-0.2, -0.15) is 0 Å². The maximum Gasteiger partial charge on any atom is 0.263 e. The lowest BCUT2D eigenvalue weighted by Gasteiger charge is -2.10. The molecular weight excluding hydrogens is 482 g/mol. The molecule has 0 aliphatic heterocycles. The predicted octanol–water partition coefficient (Wildman–Crippen LogP) is 4.75. The Hall–Kier alpha value is -2.91. The summed E-state index contributed by atoms with van der Waals surface area (Å²) in [5.41, 5.74) is 1.65. The average molecular weight is 504 g/mol. The Bertz CT molecular complexity index is 1140. The monoisotopic (exact) mass is 503 g/mol. The van der Waals surface area contributed by atoms with Gasteiger partial charge in [0.25, 0.3) is 10.0 Å². The normalized spacial score (nSPS) is 11.0. The molecule has 1 amide bonds. The summed E-state index contributed by atoms with van der Waals surface area (Å²) in [5.74, 6) is 0.802. The Kier molecular flexibility index (Phi) is 7.64. The fourth-order valence-electron chi connectivity index (χ4n) is 2.70. The molecule has 2 N–H and O–H groups in total. The van der Waals surface area contributed by atoms with Crippen LogP contribution in [0.1, 0.15) is 18.4 Å². The van der Waals surface area contributed by atoms with Gasteiger partial charge < -0.3 is 10.1 Å². The summed E-state index contributed by atoms with van der Waals surface area (Å²) in [4.78, 5) is 16.2. The second-order valence-corrected chi connectivity index (χ2v) is 9.32. The van der Waals surface area contributed by atoms with E-state index in [9.17, 15) is 13.2 Å². The summed E-state index contributed by atoms with van der Waals surface area (Å²) >= 11 is 3.46. The zero-order chi connectivity index (χ0) is 22.3. The second kappa shape index (κ2) is 10.4. The van der Waals surface area contributed by atoms with Gasteiger partial charge in [0.1, 0.15) is 11.6 Å². The molecule has 0 aliphatic rings. The van der Waals surface area contributed by atoms with Crippen LogP contribution >= 0.6 is 15.9 Å². The van der Waals surface area contributed by atoms with Gasteiger partial charge in [-0.1, -0.05) is 12.1 Å². The molecule has 0 bridgehead atoms. The topological polar surface area (TPSA) is 97.4 Å². The van der Waals surface area contributed by atoms with Crippen LogP contribution in [0, 0.1) is 6.92 Å². The van der Waals surface area contributed by atoms with Crippen LogP contribution in [0.5, 0.6) is 5.75 Å². The molecule has 0 unspecified atom stereocenters. The van der Waals surface area contributed by atoms with E-state index >= 15 is 0 Å². The molecule has 0 spiro atoms. The van der Waals surface area contributed by atoms with Crippen molar-refractivity contribution < 1.29 is 17.9 Å². The lowest BCUT2D eigenvalue weighted by atomic mass is 10.2. The fraction of sp³-hybridized carbons (Fsp3) is 0.182. The zero-order valence-corrected chi connectivity index (χ0v) is 19.2. The fourth-order valence-corrected chi connectivity index (χ4v) is 4.31. The molecule has 7 nitrogen and oxygen atoms in total. The first-order valence-electron chi connectivity index (χ1n) is 9.56. The van der Waals surface area contributed by atoms with E-state index < -0.39 is 10.0 Å². The van der Waals surface area contributed by atoms with E-state index in [1.165, 1.54) is 18.3 Å². The highest BCUT2D eigenvalue weighted by atomic mass is 79.9. The minimum Gasteiger partial charge on any atom is -0.492 e. The smallest absolute Gasteiger partial charge is 0.263 e. The molecule has 3 rings (SSSR count). The van der Waals surface area contributed by atoms with Crippen molar-refractivity contribution in [1.82, 2.24) is 4.98 Å². The number of aryl methyl sites for hydroxylation is 1. The van der Waals surface area contributed by atoms with Gasteiger partial charge in [-0.05, 0) is 83.4 Å². The molecule has 0 radical (unpaired) electrons. The van der Waals surface area contributed by atoms with E-state index in [-0.39, 0.29) is 23.0 Å². The first kappa shape index (κ1) is 22.8. The molecule has 3 aromatic rings. The number of hydrogen-bond acceptors (Lipinski definition) is 5. The van der Waals surface area contributed by atoms with Crippen LogP contribution in [0.2, 0.25) is 0 Å². The largest absolute Gasteiger partial charge is 0.492 e. The van der Waals surface area contributed by atoms with Gasteiger partial charge in [0.05, 0.1) is 16.0 Å². The number of pyridine rings is 1. The molecule has 31 heavy (non-hydrogen) atoms. The molecule has 1 heterocycles. The summed E-state index contributed by atoms with van der Waals surface area (Å²) in [6.07, 6.45) is 2.33. The summed E-state index contributed by atoms with van der Waals surface area (Å²) in [6, 6.07) is 16.7. The molecule has 0 saturated heterocycles. The third kappa shape index (κ3) is 6.80. The molecule has 2 aromatic carbocycles. The van der Waals surface area contributed by atoms with Gasteiger partial charge in [-0.25, -0.2) is 13.4 Å². The molecule has 0 fully saturated rings. The number of carbonyl (C=O) groups excluding carboxylic acids is 1. The number of anilines is 2. The molecule has 0 saturated carbocycles. The molecule has 0 aliphatic carbocycles. The number of hydrogen-bond donors (Lipinski definition) is 2. The molecule has 1 aromatic heterocycles. The van der Waals surface area contributed by atoms with Gasteiger partial charge >= 0.3 is 0 Å². The van der Waals surface area contributed by atoms with Gasteiger partial charge in [0.15, 0.2) is 0 Å². The minimum absolute atomic E-state index is 0.0771. The van der Waals surface area contributed by atoms with E-state index in [1.54, 1.807) is 30.3 Å². The van der Waals surface area contributed by atoms with E-state index in [0.717, 1.165) is 15.8 Å². The van der Waals surface area contributed by atoms with Gasteiger partial charge in [-0.15, -0.1) is 0 Å². The average Bonchev–Trinajstić information content (AvgIpc) is 2.73. The number of sulfonamides is 1. The standard InChI is InChI=1S/C22H22BrN3O4S/c1-16-7-12-20(19(23)15-16)30-14-4-6-22(27)25-17-8-10-18(11-9-17)31(28,29)26-21-5-2-3-13-24-21/h2-3,5,7-13,15H,4,6,14H2,1H3,(H,24,26)(H,25,27). The summed E-state index contributed by atoms with van der Waals surface area (Å²) in [7, 11) is -3.75. The Morgan fingerprint density at radius 3 is 2.55 bits per heavy atom. The van der Waals surface area contributed by atoms with Crippen molar-refractivity contribution in [3.63, 3.8) is 0 Å². The van der Waals surface area contributed by atoms with Crippen molar-refractivity contribution in [2.45, 2.75) is 24.7 Å². The van der Waals surface area contributed by atoms with Crippen molar-refractivity contribution in [3.8, 4) is 5.75 Å². The third-order valence-corrected chi connectivity index (χ3v) is 6.24. The van der Waals surface area contributed by atoms with Gasteiger partial charge in [0.2, 0.25) is 5.91 Å². The number of nitrogens with zero attached hydrogens (tertiary/aromatic N) is 1. The SMILES string of the molecule is Cc1ccc(OCCCC(=O)Nc2ccc(S(=O)(=O)Nc3ccccn3)cc2)c(Br)c1. The number of rotatable bonds is 9. The number of benzene rings is 2. The van der Waals surface area contributed by atoms with Crippen LogP contribution in [0.25, 0.3) is 0 Å². The van der Waals surface area contributed by atoms with Crippen molar-refractivity contribution in [2.24, 2.45) is 0 Å². The van der Waals surface area contributed by atoms with Gasteiger partial charge in [0, 0.05) is 18.3 Å². The summed E-state index contributed by atoms with van der Waals surface area (Å²) in [5, 5.41) is 2.76. The highest BCUT2D eigenvalue weighted by Crippen LogP contribution is 2.26. The van der Waals surface area contributed by atoms with E-state index in [2.05, 4.69) is 31.0 Å². The highest BCUT2D eigenvalue weighted by molar-refractivity contribution is 9.10. The van der Waals surface area contributed by atoms with E-state index in [0.29, 0.717) is 18.7 Å². The van der Waals surface area contributed by atoms with Crippen LogP contribution in [0.4, 0.5) is 11.5 Å². The van der Waals surface area contributed by atoms with Crippen LogP contribution in [-0.4, -0.2) is 25.9 Å². The van der Waals surface area contributed by atoms with E-state index in [1.807, 2.05) is 25.1 Å². The Morgan fingerprint density at radius 1 is 1.10 bits per heavy atom. The third-order valence-electron chi connectivity index (χ3n) is 4.25. The number of carbonyl (C=O) groups is 1. The maximum atomic E-state index is 12.4. The zero-order valence-electron chi connectivity index (χ0n) is 16.8. The molecular formula is C22H22BrN3O4S. The molecule has 9 heteroatoms. The Balaban J connectivity index is 1.47. The lowest BCUT2D eigenvalue weighted by molar-refractivity contribution is -0.116. The van der Waals surface area contributed by atoms with Gasteiger partial charge in [-0.3, -0.25) is 9.52 Å². The maximum absolute atomic E-state index is 12.4. The summed E-state index contributed by atoms with van der Waals surface area (Å²) in [6.45, 7) is 2.41. The number of halogens is 1. The molecule has 0 atom stereocenters. The number of nitrogens with one attached hydrogen (secondary N) is 2. The Morgan fingerprint density at radius 2 is 1.87 bits per heavy atom. The van der Waals surface area contributed by atoms with Crippen LogP contribution in [0.15, 0.2) is 76.2 Å². The first-order chi connectivity index (χ1) is 14.8. The van der Waals surface area contributed by atoms with Crippen LogP contribution in [0.3, 0.4) is 0 Å². The van der Waals surface area contributed by atoms with Crippen molar-refractivity contribution in [3.05, 3.63) is 76.9 Å². The van der Waals surface area contributed by atoms with Crippen molar-refractivity contribution in [2.75, 3.05) is 16.6 Å². The van der Waals surface area contributed by atoms with Crippen LogP contribution in [-0.2, 0) is 14.8 Å². The predicted molar refractivity (Wildman–Crippen MR) is 124 cm³/mol. The number of ether oxygens (including phenoxy) is 1. The minimum atomic E-state index is -3.75. The van der Waals surface area contributed by atoms with E-state index in [4.69, 9.17) is 4.74 Å². The van der Waals surface area contributed by atoms with Crippen molar-refractivity contribution in [1.29, 1.82) is 0 Å². The molecule has 162 valence electrons. The number of aromatic nitrogens is 1. The highest BCUT2D eigenvalue weighted by Gasteiger charge is 2.15. The quantitative estimate of drug-likeness (QED) is 0.410. The summed E-state index contributed by atoms with van der Waals surface area (Å²) < 4.78 is 33.8. The lowest BCUT2D eigenvalue weighted by Crippen LogP contribution is -2.15. The second-order valence-electron chi connectivity index (χ2n) is 6.78.